The average molecular weight is 458 g/mol. The number of carbonyl (C=O) groups is 2. The van der Waals surface area contributed by atoms with Gasteiger partial charge in [-0.1, -0.05) is 17.7 Å². The monoisotopic (exact) mass is 457 g/mol. The first-order valence-corrected chi connectivity index (χ1v) is 11.2. The Kier molecular flexibility index (Phi) is 4.81. The summed E-state index contributed by atoms with van der Waals surface area (Å²) in [6.45, 7) is 0. The molecule has 4 bridgehead atoms. The number of aromatic nitrogens is 2. The summed E-state index contributed by atoms with van der Waals surface area (Å²) in [5.74, 6) is -1.03. The molecule has 9 heteroatoms. The van der Waals surface area contributed by atoms with Crippen LogP contribution in [0.25, 0.3) is 0 Å². The van der Waals surface area contributed by atoms with Crippen molar-refractivity contribution in [1.29, 1.82) is 0 Å². The molecule has 4 aliphatic carbocycles. The summed E-state index contributed by atoms with van der Waals surface area (Å²) in [6.07, 6.45) is 6.80. The molecule has 6 rings (SSSR count). The van der Waals surface area contributed by atoms with Crippen molar-refractivity contribution in [3.05, 3.63) is 51.4 Å². The molecule has 3 N–H and O–H groups in total. The maximum absolute atomic E-state index is 13.3. The quantitative estimate of drug-likeness (QED) is 0.596. The van der Waals surface area contributed by atoms with Crippen LogP contribution in [0, 0.1) is 17.3 Å². The molecule has 2 atom stereocenters. The normalized spacial score (nSPS) is 30.3. The zero-order chi connectivity index (χ0) is 22.7. The van der Waals surface area contributed by atoms with Gasteiger partial charge in [-0.2, -0.15) is 5.10 Å². The Hall–Kier alpha value is -2.87. The fourth-order valence-corrected chi connectivity index (χ4v) is 7.10. The van der Waals surface area contributed by atoms with Crippen LogP contribution in [0.4, 0.5) is 11.4 Å². The lowest BCUT2D eigenvalue weighted by Gasteiger charge is -2.61. The molecule has 8 nitrogen and oxygen atoms in total. The highest BCUT2D eigenvalue weighted by molar-refractivity contribution is 6.33. The van der Waals surface area contributed by atoms with Crippen LogP contribution in [0.15, 0.2) is 35.3 Å². The predicted octanol–water partition coefficient (Wildman–Crippen LogP) is 4.11. The number of anilines is 2. The fourth-order valence-electron chi connectivity index (χ4n) is 6.92. The van der Waals surface area contributed by atoms with Gasteiger partial charge in [-0.15, -0.1) is 0 Å². The molecule has 4 saturated carbocycles. The molecular weight excluding hydrogens is 434 g/mol. The van der Waals surface area contributed by atoms with E-state index in [1.807, 2.05) is 0 Å². The third-order valence-electron chi connectivity index (χ3n) is 7.43. The maximum Gasteiger partial charge on any atom is 0.335 e. The van der Waals surface area contributed by atoms with Crippen molar-refractivity contribution in [2.75, 3.05) is 5.32 Å². The Bertz CT molecular complexity index is 1160. The number of carboxylic acid groups (broad SMARTS) is 2. The van der Waals surface area contributed by atoms with Crippen LogP contribution in [0.2, 0.25) is 5.02 Å². The number of hydrogen-bond donors (Lipinski definition) is 3. The molecule has 1 aromatic carbocycles. The number of halogens is 1. The number of carboxylic acids is 2. The van der Waals surface area contributed by atoms with Crippen LogP contribution >= 0.6 is 11.6 Å². The Morgan fingerprint density at radius 1 is 1.19 bits per heavy atom. The van der Waals surface area contributed by atoms with E-state index in [-0.39, 0.29) is 22.4 Å². The molecule has 1 aromatic heterocycles. The van der Waals surface area contributed by atoms with E-state index in [0.717, 1.165) is 32.1 Å². The Morgan fingerprint density at radius 2 is 1.91 bits per heavy atom. The van der Waals surface area contributed by atoms with Gasteiger partial charge in [-0.3, -0.25) is 9.59 Å². The van der Waals surface area contributed by atoms with Crippen molar-refractivity contribution in [3.63, 3.8) is 0 Å². The Balaban J connectivity index is 1.48. The molecule has 0 spiro atoms. The van der Waals surface area contributed by atoms with E-state index in [1.165, 1.54) is 23.0 Å². The molecule has 2 aromatic rings. The third kappa shape index (κ3) is 3.46. The molecule has 0 amide bonds. The second-order valence-electron chi connectivity index (χ2n) is 9.86. The van der Waals surface area contributed by atoms with Gasteiger partial charge in [0.2, 0.25) is 0 Å². The molecule has 4 aliphatic rings. The van der Waals surface area contributed by atoms with Crippen molar-refractivity contribution < 1.29 is 19.8 Å². The van der Waals surface area contributed by atoms with Gasteiger partial charge in [0.1, 0.15) is 5.02 Å². The molecule has 0 saturated heterocycles. The summed E-state index contributed by atoms with van der Waals surface area (Å²) < 4.78 is 1.50. The Morgan fingerprint density at radius 3 is 2.56 bits per heavy atom. The zero-order valence-electron chi connectivity index (χ0n) is 17.4. The second-order valence-corrected chi connectivity index (χ2v) is 10.2. The topological polar surface area (TPSA) is 122 Å². The smallest absolute Gasteiger partial charge is 0.335 e. The van der Waals surface area contributed by atoms with Crippen LogP contribution < -0.4 is 10.9 Å². The summed E-state index contributed by atoms with van der Waals surface area (Å²) >= 11 is 6.46. The van der Waals surface area contributed by atoms with Crippen LogP contribution in [0.5, 0.6) is 0 Å². The number of benzene rings is 1. The maximum atomic E-state index is 13.3. The summed E-state index contributed by atoms with van der Waals surface area (Å²) in [5, 5.41) is 26.2. The van der Waals surface area contributed by atoms with Crippen molar-refractivity contribution in [2.24, 2.45) is 17.3 Å². The van der Waals surface area contributed by atoms with Crippen LogP contribution in [-0.2, 0) is 10.3 Å². The molecule has 1 heterocycles. The lowest BCUT2D eigenvalue weighted by molar-refractivity contribution is -0.151. The minimum absolute atomic E-state index is 0.0104. The molecule has 32 heavy (non-hydrogen) atoms. The Labute approximate surface area is 189 Å². The van der Waals surface area contributed by atoms with Crippen molar-refractivity contribution in [2.45, 2.75) is 50.5 Å². The highest BCUT2D eigenvalue weighted by atomic mass is 35.5. The molecule has 2 unspecified atom stereocenters. The van der Waals surface area contributed by atoms with E-state index in [2.05, 4.69) is 10.4 Å². The first-order chi connectivity index (χ1) is 15.2. The highest BCUT2D eigenvalue weighted by Crippen LogP contribution is 2.65. The molecule has 0 radical (unpaired) electrons. The van der Waals surface area contributed by atoms with Gasteiger partial charge in [-0.05, 0) is 74.0 Å². The van der Waals surface area contributed by atoms with Gasteiger partial charge < -0.3 is 15.5 Å². The number of aliphatic carboxylic acids is 1. The number of nitrogens with zero attached hydrogens (tertiary/aromatic N) is 2. The van der Waals surface area contributed by atoms with Crippen molar-refractivity contribution in [3.8, 4) is 0 Å². The minimum Gasteiger partial charge on any atom is -0.481 e. The highest BCUT2D eigenvalue weighted by Gasteiger charge is 2.59. The van der Waals surface area contributed by atoms with Crippen molar-refractivity contribution in [1.82, 2.24) is 9.78 Å². The van der Waals surface area contributed by atoms with Crippen LogP contribution in [-0.4, -0.2) is 31.9 Å². The van der Waals surface area contributed by atoms with E-state index in [4.69, 9.17) is 11.6 Å². The van der Waals surface area contributed by atoms with E-state index < -0.39 is 23.0 Å². The molecule has 0 aliphatic heterocycles. The molecule has 4 fully saturated rings. The van der Waals surface area contributed by atoms with Gasteiger partial charge >= 0.3 is 11.9 Å². The number of hydrogen-bond acceptors (Lipinski definition) is 5. The zero-order valence-corrected chi connectivity index (χ0v) is 18.1. The van der Waals surface area contributed by atoms with E-state index in [1.54, 1.807) is 12.1 Å². The molecular formula is C23H24ClN3O5. The van der Waals surface area contributed by atoms with Gasteiger partial charge in [0, 0.05) is 5.69 Å². The summed E-state index contributed by atoms with van der Waals surface area (Å²) in [5.41, 5.74) is -0.274. The largest absolute Gasteiger partial charge is 0.481 e. The summed E-state index contributed by atoms with van der Waals surface area (Å²) in [4.78, 5) is 36.1. The summed E-state index contributed by atoms with van der Waals surface area (Å²) in [6, 6.07) is 6.22. The lowest BCUT2D eigenvalue weighted by atomic mass is 9.46. The van der Waals surface area contributed by atoms with Gasteiger partial charge in [-0.25, -0.2) is 9.48 Å². The number of aromatic carboxylic acids is 1. The average Bonchev–Trinajstić information content (AvgIpc) is 2.69. The number of rotatable bonds is 6. The minimum atomic E-state index is -1.05. The fraction of sp³-hybridized carbons (Fsp3) is 0.478. The van der Waals surface area contributed by atoms with Gasteiger partial charge in [0.05, 0.1) is 29.4 Å². The van der Waals surface area contributed by atoms with E-state index in [9.17, 15) is 24.6 Å². The SMILES string of the molecule is O=C(O)CC12CC3CC(C1)CC(n1ncc(Nc4cccc(C(=O)O)c4)c(Cl)c1=O)(C3)C2. The standard InChI is InChI=1S/C23H24ClN3O5/c24-19-17(26-16-3-1-2-15(5-16)21(31)32)11-25-27(20(19)30)23-8-13-4-14(9-23)7-22(6-13,12-23)10-18(28)29/h1-3,5,11,13-14,26H,4,6-10,12H2,(H,28,29)(H,31,32). The first kappa shape index (κ1) is 21.0. The van der Waals surface area contributed by atoms with Gasteiger partial charge in [0.15, 0.2) is 0 Å². The van der Waals surface area contributed by atoms with Crippen molar-refractivity contribution >= 4 is 34.9 Å². The van der Waals surface area contributed by atoms with Crippen LogP contribution in [0.3, 0.4) is 0 Å². The van der Waals surface area contributed by atoms with Gasteiger partial charge in [0.25, 0.3) is 5.56 Å². The summed E-state index contributed by atoms with van der Waals surface area (Å²) in [7, 11) is 0. The predicted molar refractivity (Wildman–Crippen MR) is 118 cm³/mol. The lowest BCUT2D eigenvalue weighted by Crippen LogP contribution is -2.59. The number of nitrogens with one attached hydrogen (secondary N) is 1. The van der Waals surface area contributed by atoms with E-state index in [0.29, 0.717) is 29.6 Å². The second kappa shape index (κ2) is 7.33. The molecule has 168 valence electrons. The third-order valence-corrected chi connectivity index (χ3v) is 7.80. The van der Waals surface area contributed by atoms with Crippen LogP contribution in [0.1, 0.15) is 55.3 Å². The first-order valence-electron chi connectivity index (χ1n) is 10.8. The van der Waals surface area contributed by atoms with E-state index >= 15 is 0 Å².